The second-order valence-electron chi connectivity index (χ2n) is 12.0. The van der Waals surface area contributed by atoms with Crippen molar-refractivity contribution in [1.29, 1.82) is 0 Å². The van der Waals surface area contributed by atoms with Crippen LogP contribution >= 0.6 is 11.6 Å². The molecule has 0 bridgehead atoms. The molecule has 4 atom stereocenters. The van der Waals surface area contributed by atoms with E-state index in [4.69, 9.17) is 30.8 Å². The molecular formula is C32H31ClFN5O5. The molecule has 0 unspecified atom stereocenters. The summed E-state index contributed by atoms with van der Waals surface area (Å²) in [6.45, 7) is 5.14. The Labute approximate surface area is 257 Å². The molecule has 5 heterocycles. The lowest BCUT2D eigenvalue weighted by molar-refractivity contribution is -0.0717. The molecule has 12 heteroatoms. The molecule has 0 spiro atoms. The highest BCUT2D eigenvalue weighted by Crippen LogP contribution is 2.51. The van der Waals surface area contributed by atoms with Crippen molar-refractivity contribution in [3.05, 3.63) is 76.6 Å². The van der Waals surface area contributed by atoms with Crippen molar-refractivity contribution in [3.8, 4) is 11.5 Å². The molecule has 2 saturated heterocycles. The van der Waals surface area contributed by atoms with Crippen LogP contribution in [0.5, 0.6) is 11.5 Å². The summed E-state index contributed by atoms with van der Waals surface area (Å²) in [5, 5.41) is 10.1. The molecule has 4 aliphatic rings. The molecule has 0 amide bonds. The first-order valence-corrected chi connectivity index (χ1v) is 15.3. The SMILES string of the molecule is C[C@]1(c2ccc(Cl)cn2)Oc2cccc(N3CCN(Cc4nc5c(F)cc(C(=O)O)cc5n4C[C@@H]4CCO4)[C@@H]4CC[C@@H]43)c2O1. The van der Waals surface area contributed by atoms with Gasteiger partial charge in [-0.1, -0.05) is 17.7 Å². The maximum Gasteiger partial charge on any atom is 0.335 e. The Balaban J connectivity index is 1.06. The smallest absolute Gasteiger partial charge is 0.335 e. The largest absolute Gasteiger partial charge is 0.478 e. The number of imidazole rings is 1. The summed E-state index contributed by atoms with van der Waals surface area (Å²) in [4.78, 5) is 25.7. The monoisotopic (exact) mass is 619 g/mol. The van der Waals surface area contributed by atoms with E-state index >= 15 is 4.39 Å². The van der Waals surface area contributed by atoms with Crippen LogP contribution in [0.25, 0.3) is 11.0 Å². The standard InChI is InChI=1S/C32H31ClFN5O5/c1-32(27-8-5-19(33)15-35-27)43-26-4-2-3-24(30(26)44-32)38-11-10-37(22-6-7-23(22)38)17-28-36-29-21(34)13-18(31(40)41)14-25(29)39(28)16-20-9-12-42-20/h2-5,8,13-15,20,22-23H,6-7,9-12,16-17H2,1H3,(H,40,41)/t20-,22+,23-,32-/m0/s1. The van der Waals surface area contributed by atoms with Crippen LogP contribution in [0.3, 0.4) is 0 Å². The lowest BCUT2D eigenvalue weighted by Crippen LogP contribution is -2.64. The van der Waals surface area contributed by atoms with Gasteiger partial charge in [-0.3, -0.25) is 9.88 Å². The Bertz CT molecular complexity index is 1780. The zero-order valence-electron chi connectivity index (χ0n) is 24.1. The fraction of sp³-hybridized carbons (Fsp3) is 0.406. The van der Waals surface area contributed by atoms with Gasteiger partial charge >= 0.3 is 5.97 Å². The quantitative estimate of drug-likeness (QED) is 0.299. The van der Waals surface area contributed by atoms with Gasteiger partial charge in [0.25, 0.3) is 5.79 Å². The third-order valence-electron chi connectivity index (χ3n) is 9.42. The fourth-order valence-corrected chi connectivity index (χ4v) is 7.01. The van der Waals surface area contributed by atoms with E-state index in [1.807, 2.05) is 29.7 Å². The van der Waals surface area contributed by atoms with Crippen molar-refractivity contribution < 1.29 is 28.5 Å². The van der Waals surface area contributed by atoms with Crippen LogP contribution in [0.2, 0.25) is 5.02 Å². The van der Waals surface area contributed by atoms with E-state index in [1.165, 1.54) is 6.07 Å². The number of nitrogens with zero attached hydrogens (tertiary/aromatic N) is 5. The second kappa shape index (κ2) is 10.3. The van der Waals surface area contributed by atoms with Crippen molar-refractivity contribution >= 4 is 34.3 Å². The van der Waals surface area contributed by atoms with E-state index < -0.39 is 17.6 Å². The van der Waals surface area contributed by atoms with E-state index in [-0.39, 0.29) is 29.3 Å². The molecular weight excluding hydrogens is 589 g/mol. The number of piperazine rings is 1. The van der Waals surface area contributed by atoms with Crippen LogP contribution in [0.15, 0.2) is 48.7 Å². The molecule has 8 rings (SSSR count). The Hall–Kier alpha value is -3.93. The summed E-state index contributed by atoms with van der Waals surface area (Å²) in [7, 11) is 0. The number of hydrogen-bond donors (Lipinski definition) is 1. The Kier molecular flexibility index (Phi) is 6.48. The zero-order chi connectivity index (χ0) is 30.2. The molecule has 1 saturated carbocycles. The van der Waals surface area contributed by atoms with E-state index in [1.54, 1.807) is 12.3 Å². The van der Waals surface area contributed by atoms with Crippen LogP contribution < -0.4 is 14.4 Å². The number of aromatic carboxylic acids is 1. The third kappa shape index (κ3) is 4.48. The molecule has 3 aliphatic heterocycles. The van der Waals surface area contributed by atoms with Crippen molar-refractivity contribution in [1.82, 2.24) is 19.4 Å². The van der Waals surface area contributed by atoms with Gasteiger partial charge in [0, 0.05) is 44.9 Å². The third-order valence-corrected chi connectivity index (χ3v) is 9.64. The van der Waals surface area contributed by atoms with Crippen LogP contribution in [-0.4, -0.2) is 68.4 Å². The maximum atomic E-state index is 15.1. The van der Waals surface area contributed by atoms with Crippen molar-refractivity contribution in [2.75, 3.05) is 24.6 Å². The highest BCUT2D eigenvalue weighted by Gasteiger charge is 2.47. The fourth-order valence-electron chi connectivity index (χ4n) is 6.90. The van der Waals surface area contributed by atoms with Crippen LogP contribution in [-0.2, 0) is 23.6 Å². The summed E-state index contributed by atoms with van der Waals surface area (Å²) < 4.78 is 35.5. The molecule has 2 aromatic heterocycles. The average molecular weight is 620 g/mol. The highest BCUT2D eigenvalue weighted by molar-refractivity contribution is 6.30. The lowest BCUT2D eigenvalue weighted by Gasteiger charge is -2.54. The normalized spacial score (nSPS) is 25.9. The predicted octanol–water partition coefficient (Wildman–Crippen LogP) is 5.21. The minimum Gasteiger partial charge on any atom is -0.478 e. The number of benzene rings is 2. The van der Waals surface area contributed by atoms with Gasteiger partial charge in [0.2, 0.25) is 0 Å². The number of ether oxygens (including phenoxy) is 3. The summed E-state index contributed by atoms with van der Waals surface area (Å²) >= 11 is 6.06. The van der Waals surface area contributed by atoms with Gasteiger partial charge in [-0.25, -0.2) is 14.2 Å². The molecule has 3 fully saturated rings. The molecule has 2 aromatic carbocycles. The number of pyridine rings is 1. The first-order chi connectivity index (χ1) is 21.3. The van der Waals surface area contributed by atoms with E-state index in [0.717, 1.165) is 49.9 Å². The maximum absolute atomic E-state index is 15.1. The summed E-state index contributed by atoms with van der Waals surface area (Å²) in [6.07, 6.45) is 4.56. The number of carbonyl (C=O) groups is 1. The first kappa shape index (κ1) is 27.6. The Morgan fingerprint density at radius 1 is 1.14 bits per heavy atom. The predicted molar refractivity (Wildman–Crippen MR) is 160 cm³/mol. The Morgan fingerprint density at radius 3 is 2.68 bits per heavy atom. The molecule has 44 heavy (non-hydrogen) atoms. The van der Waals surface area contributed by atoms with Gasteiger partial charge < -0.3 is 28.8 Å². The summed E-state index contributed by atoms with van der Waals surface area (Å²) in [6, 6.07) is 12.7. The Morgan fingerprint density at radius 2 is 1.98 bits per heavy atom. The molecule has 1 aliphatic carbocycles. The lowest BCUT2D eigenvalue weighted by atomic mass is 9.81. The minimum absolute atomic E-state index is 0.00662. The average Bonchev–Trinajstić information content (AvgIpc) is 3.49. The van der Waals surface area contributed by atoms with Gasteiger partial charge in [-0.15, -0.1) is 0 Å². The molecule has 4 aromatic rings. The number of fused-ring (bicyclic) bond motifs is 3. The number of carboxylic acids is 1. The molecule has 10 nitrogen and oxygen atoms in total. The van der Waals surface area contributed by atoms with Gasteiger partial charge in [0.1, 0.15) is 17.0 Å². The van der Waals surface area contributed by atoms with Crippen LogP contribution in [0, 0.1) is 5.82 Å². The number of hydrogen-bond acceptors (Lipinski definition) is 8. The number of anilines is 1. The van der Waals surface area contributed by atoms with E-state index in [9.17, 15) is 9.90 Å². The van der Waals surface area contributed by atoms with Gasteiger partial charge in [-0.05, 0) is 55.7 Å². The first-order valence-electron chi connectivity index (χ1n) is 14.9. The van der Waals surface area contributed by atoms with Crippen molar-refractivity contribution in [2.24, 2.45) is 0 Å². The molecule has 0 radical (unpaired) electrons. The second-order valence-corrected chi connectivity index (χ2v) is 12.5. The van der Waals surface area contributed by atoms with Crippen LogP contribution in [0.4, 0.5) is 10.1 Å². The number of halogens is 2. The van der Waals surface area contributed by atoms with E-state index in [0.29, 0.717) is 47.4 Å². The molecule has 1 N–H and O–H groups in total. The van der Waals surface area contributed by atoms with Crippen molar-refractivity contribution in [2.45, 2.75) is 63.3 Å². The number of aromatic nitrogens is 3. The summed E-state index contributed by atoms with van der Waals surface area (Å²) in [5.74, 6) is -0.753. The summed E-state index contributed by atoms with van der Waals surface area (Å²) in [5.41, 5.74) is 2.23. The highest BCUT2D eigenvalue weighted by atomic mass is 35.5. The van der Waals surface area contributed by atoms with Crippen molar-refractivity contribution in [3.63, 3.8) is 0 Å². The topological polar surface area (TPSA) is 102 Å². The minimum atomic E-state index is -1.17. The molecule has 228 valence electrons. The van der Waals surface area contributed by atoms with E-state index in [2.05, 4.69) is 20.9 Å². The van der Waals surface area contributed by atoms with Crippen LogP contribution in [0.1, 0.15) is 48.1 Å². The zero-order valence-corrected chi connectivity index (χ0v) is 24.8. The number of para-hydroxylation sites is 1. The number of carboxylic acid groups (broad SMARTS) is 1. The van der Waals surface area contributed by atoms with Gasteiger partial charge in [-0.2, -0.15) is 0 Å². The van der Waals surface area contributed by atoms with Gasteiger partial charge in [0.15, 0.2) is 17.3 Å². The van der Waals surface area contributed by atoms with Gasteiger partial charge in [0.05, 0.1) is 41.0 Å². The number of rotatable bonds is 7.